The highest BCUT2D eigenvalue weighted by Gasteiger charge is 2.30. The Morgan fingerprint density at radius 3 is 2.58 bits per heavy atom. The van der Waals surface area contributed by atoms with Crippen LogP contribution in [0.4, 0.5) is 17.2 Å². The van der Waals surface area contributed by atoms with Gasteiger partial charge in [-0.2, -0.15) is 5.10 Å². The first-order chi connectivity index (χ1) is 15.9. The summed E-state index contributed by atoms with van der Waals surface area (Å²) >= 11 is 0. The van der Waals surface area contributed by atoms with E-state index >= 15 is 0 Å². The number of anilines is 3. The van der Waals surface area contributed by atoms with Crippen LogP contribution < -0.4 is 26.2 Å². The Morgan fingerprint density at radius 1 is 1.12 bits per heavy atom. The first-order valence-electron chi connectivity index (χ1n) is 10.3. The molecule has 11 nitrogen and oxygen atoms in total. The number of benzene rings is 1. The third kappa shape index (κ3) is 4.66. The summed E-state index contributed by atoms with van der Waals surface area (Å²) in [5.41, 5.74) is 1.86. The van der Waals surface area contributed by atoms with E-state index < -0.39 is 5.91 Å². The van der Waals surface area contributed by atoms with E-state index in [-0.39, 0.29) is 28.9 Å². The van der Waals surface area contributed by atoms with Gasteiger partial charge in [0.2, 0.25) is 5.91 Å². The number of aryl methyl sites for hydroxylation is 1. The molecule has 0 atom stereocenters. The molecule has 3 N–H and O–H groups in total. The maximum atomic E-state index is 12.4. The molecule has 11 heteroatoms. The average molecular weight is 449 g/mol. The van der Waals surface area contributed by atoms with Crippen LogP contribution in [0.1, 0.15) is 23.3 Å². The van der Waals surface area contributed by atoms with Gasteiger partial charge in [-0.1, -0.05) is 6.07 Å². The maximum absolute atomic E-state index is 12.4. The highest BCUT2D eigenvalue weighted by molar-refractivity contribution is 6.00. The zero-order valence-corrected chi connectivity index (χ0v) is 18.4. The number of amides is 2. The fourth-order valence-corrected chi connectivity index (χ4v) is 3.26. The number of carbonyl (C=O) groups is 2. The molecule has 0 aliphatic heterocycles. The van der Waals surface area contributed by atoms with Gasteiger partial charge < -0.3 is 20.7 Å². The molecule has 1 saturated carbocycles. The van der Waals surface area contributed by atoms with Crippen molar-refractivity contribution in [2.75, 3.05) is 24.8 Å². The third-order valence-electron chi connectivity index (χ3n) is 5.16. The number of methoxy groups -OCH3 is 1. The molecular weight excluding hydrogens is 426 g/mol. The van der Waals surface area contributed by atoms with Crippen molar-refractivity contribution in [3.63, 3.8) is 0 Å². The summed E-state index contributed by atoms with van der Waals surface area (Å²) in [6, 6.07) is 9.95. The molecule has 170 valence electrons. The molecule has 4 rings (SSSR count). The minimum Gasteiger partial charge on any atom is -0.494 e. The van der Waals surface area contributed by atoms with Gasteiger partial charge in [0, 0.05) is 37.7 Å². The number of nitrogens with zero attached hydrogens (tertiary/aromatic N) is 4. The predicted octanol–water partition coefficient (Wildman–Crippen LogP) is 1.70. The van der Waals surface area contributed by atoms with Gasteiger partial charge in [0.25, 0.3) is 11.5 Å². The Hall–Kier alpha value is -4.28. The van der Waals surface area contributed by atoms with E-state index in [0.29, 0.717) is 28.4 Å². The summed E-state index contributed by atoms with van der Waals surface area (Å²) in [5.74, 6) is 0.111. The lowest BCUT2D eigenvalue weighted by atomic mass is 10.1. The summed E-state index contributed by atoms with van der Waals surface area (Å²) in [4.78, 5) is 36.2. The molecule has 0 spiro atoms. The third-order valence-corrected chi connectivity index (χ3v) is 5.16. The molecule has 2 amide bonds. The van der Waals surface area contributed by atoms with Crippen LogP contribution in [0.25, 0.3) is 11.3 Å². The first-order valence-corrected chi connectivity index (χ1v) is 10.3. The lowest BCUT2D eigenvalue weighted by molar-refractivity contribution is -0.117. The summed E-state index contributed by atoms with van der Waals surface area (Å²) in [5, 5.41) is 20.7. The second-order valence-electron chi connectivity index (χ2n) is 7.53. The van der Waals surface area contributed by atoms with Crippen molar-refractivity contribution in [3.05, 3.63) is 52.4 Å². The molecule has 1 aliphatic rings. The lowest BCUT2D eigenvalue weighted by Crippen LogP contribution is -2.22. The summed E-state index contributed by atoms with van der Waals surface area (Å²) in [7, 11) is 4.57. The second kappa shape index (κ2) is 9.07. The number of nitrogens with one attached hydrogen (secondary N) is 3. The SMILES string of the molecule is CNC(=O)c1nnc(NC(=O)C2CC2)cc1Nc1cccc(-c2ccc(=O)n(C)n2)c1OC. The molecule has 1 fully saturated rings. The first kappa shape index (κ1) is 21.9. The maximum Gasteiger partial charge on any atom is 0.273 e. The van der Waals surface area contributed by atoms with Gasteiger partial charge in [-0.25, -0.2) is 4.68 Å². The van der Waals surface area contributed by atoms with E-state index in [1.807, 2.05) is 6.07 Å². The smallest absolute Gasteiger partial charge is 0.273 e. The number of ether oxygens (including phenoxy) is 1. The van der Waals surface area contributed by atoms with Crippen LogP contribution in [0.15, 0.2) is 41.2 Å². The largest absolute Gasteiger partial charge is 0.494 e. The Labute approximate surface area is 189 Å². The van der Waals surface area contributed by atoms with Gasteiger partial charge in [0.1, 0.15) is 0 Å². The zero-order chi connectivity index (χ0) is 23.5. The fraction of sp³-hybridized carbons (Fsp3) is 0.273. The zero-order valence-electron chi connectivity index (χ0n) is 18.4. The number of hydrogen-bond acceptors (Lipinski definition) is 8. The average Bonchev–Trinajstić information content (AvgIpc) is 3.66. The molecule has 1 aromatic carbocycles. The molecule has 0 bridgehead atoms. The Bertz CT molecular complexity index is 1280. The topological polar surface area (TPSA) is 140 Å². The van der Waals surface area contributed by atoms with Crippen LogP contribution in [-0.4, -0.2) is 45.9 Å². The van der Waals surface area contributed by atoms with E-state index in [0.717, 1.165) is 12.8 Å². The van der Waals surface area contributed by atoms with Crippen LogP contribution >= 0.6 is 0 Å². The van der Waals surface area contributed by atoms with Gasteiger partial charge in [-0.3, -0.25) is 14.4 Å². The predicted molar refractivity (Wildman–Crippen MR) is 122 cm³/mol. The normalized spacial score (nSPS) is 12.7. The molecular formula is C22H23N7O4. The minimum absolute atomic E-state index is 0.00654. The number of carbonyl (C=O) groups excluding carboxylic acids is 2. The van der Waals surface area contributed by atoms with Crippen molar-refractivity contribution in [1.82, 2.24) is 25.3 Å². The Kier molecular flexibility index (Phi) is 6.03. The number of hydrogen-bond donors (Lipinski definition) is 3. The van der Waals surface area contributed by atoms with Crippen molar-refractivity contribution in [2.24, 2.45) is 13.0 Å². The second-order valence-corrected chi connectivity index (χ2v) is 7.53. The van der Waals surface area contributed by atoms with Crippen LogP contribution in [-0.2, 0) is 11.8 Å². The monoisotopic (exact) mass is 449 g/mol. The number of aromatic nitrogens is 4. The molecule has 2 aromatic heterocycles. The quantitative estimate of drug-likeness (QED) is 0.495. The Morgan fingerprint density at radius 2 is 1.91 bits per heavy atom. The molecule has 1 aliphatic carbocycles. The van der Waals surface area contributed by atoms with Crippen LogP contribution in [0.3, 0.4) is 0 Å². The van der Waals surface area contributed by atoms with Crippen molar-refractivity contribution in [1.29, 1.82) is 0 Å². The number of para-hydroxylation sites is 1. The van der Waals surface area contributed by atoms with E-state index in [1.165, 1.54) is 24.9 Å². The Balaban J connectivity index is 1.73. The van der Waals surface area contributed by atoms with Crippen molar-refractivity contribution in [3.8, 4) is 17.0 Å². The molecule has 0 unspecified atom stereocenters. The standard InChI is InChI=1S/C22H23N7O4/c1-23-22(32)19-16(11-17(26-27-19)25-21(31)12-7-8-12)24-15-6-4-5-13(20(15)33-3)14-9-10-18(30)29(2)28-14/h4-6,9-12H,7-8H2,1-3H3,(H,23,32)(H2,24,25,26,31). The number of rotatable bonds is 7. The van der Waals surface area contributed by atoms with Crippen molar-refractivity contribution < 1.29 is 14.3 Å². The van der Waals surface area contributed by atoms with Crippen molar-refractivity contribution in [2.45, 2.75) is 12.8 Å². The van der Waals surface area contributed by atoms with E-state index in [9.17, 15) is 14.4 Å². The summed E-state index contributed by atoms with van der Waals surface area (Å²) in [6.45, 7) is 0. The minimum atomic E-state index is -0.445. The van der Waals surface area contributed by atoms with Gasteiger partial charge in [0.15, 0.2) is 17.3 Å². The van der Waals surface area contributed by atoms with E-state index in [1.54, 1.807) is 31.3 Å². The van der Waals surface area contributed by atoms with Gasteiger partial charge >= 0.3 is 0 Å². The highest BCUT2D eigenvalue weighted by Crippen LogP contribution is 2.37. The molecule has 3 aromatic rings. The van der Waals surface area contributed by atoms with Gasteiger partial charge in [0.05, 0.1) is 24.2 Å². The molecule has 0 saturated heterocycles. The van der Waals surface area contributed by atoms with Crippen LogP contribution in [0.5, 0.6) is 5.75 Å². The molecule has 0 radical (unpaired) electrons. The van der Waals surface area contributed by atoms with E-state index in [4.69, 9.17) is 4.74 Å². The van der Waals surface area contributed by atoms with Crippen LogP contribution in [0.2, 0.25) is 0 Å². The molecule has 33 heavy (non-hydrogen) atoms. The highest BCUT2D eigenvalue weighted by atomic mass is 16.5. The van der Waals surface area contributed by atoms with Gasteiger partial charge in [-0.15, -0.1) is 10.2 Å². The van der Waals surface area contributed by atoms with Gasteiger partial charge in [-0.05, 0) is 31.0 Å². The summed E-state index contributed by atoms with van der Waals surface area (Å²) < 4.78 is 6.87. The molecule has 2 heterocycles. The fourth-order valence-electron chi connectivity index (χ4n) is 3.26. The van der Waals surface area contributed by atoms with Crippen LogP contribution in [0, 0.1) is 5.92 Å². The van der Waals surface area contributed by atoms with Crippen molar-refractivity contribution >= 4 is 29.0 Å². The van der Waals surface area contributed by atoms with E-state index in [2.05, 4.69) is 31.2 Å². The lowest BCUT2D eigenvalue weighted by Gasteiger charge is -2.17. The summed E-state index contributed by atoms with van der Waals surface area (Å²) in [6.07, 6.45) is 1.70.